The molecular weight excluding hydrogens is 262 g/mol. The summed E-state index contributed by atoms with van der Waals surface area (Å²) in [5.74, 6) is 1.19. The molecule has 0 spiro atoms. The first-order valence-corrected chi connectivity index (χ1v) is 7.20. The second-order valence-electron chi connectivity index (χ2n) is 5.45. The lowest BCUT2D eigenvalue weighted by Crippen LogP contribution is -2.23. The lowest BCUT2D eigenvalue weighted by Gasteiger charge is -2.22. The van der Waals surface area contributed by atoms with E-state index < -0.39 is 0 Å². The Labute approximate surface area is 126 Å². The predicted molar refractivity (Wildman–Crippen MR) is 85.8 cm³/mol. The number of phenolic OH excluding ortho intramolecular Hbond substituents is 1. The molecule has 0 saturated heterocycles. The van der Waals surface area contributed by atoms with E-state index in [1.165, 1.54) is 5.56 Å². The molecule has 112 valence electrons. The molecule has 2 aromatic rings. The van der Waals surface area contributed by atoms with Crippen LogP contribution in [0.25, 0.3) is 0 Å². The van der Waals surface area contributed by atoms with Crippen molar-refractivity contribution in [3.63, 3.8) is 0 Å². The lowest BCUT2D eigenvalue weighted by molar-refractivity contribution is 0.396. The van der Waals surface area contributed by atoms with Gasteiger partial charge in [-0.05, 0) is 44.5 Å². The number of methoxy groups -OCH3 is 1. The maximum absolute atomic E-state index is 9.36. The minimum absolute atomic E-state index is 0.170. The van der Waals surface area contributed by atoms with E-state index in [0.717, 1.165) is 16.9 Å². The van der Waals surface area contributed by atoms with Gasteiger partial charge in [0.1, 0.15) is 11.5 Å². The molecule has 0 radical (unpaired) electrons. The number of phenols is 1. The van der Waals surface area contributed by atoms with Gasteiger partial charge in [0.15, 0.2) is 0 Å². The molecule has 0 aromatic heterocycles. The number of aryl methyl sites for hydroxylation is 1. The van der Waals surface area contributed by atoms with Crippen molar-refractivity contribution in [2.24, 2.45) is 0 Å². The average Bonchev–Trinajstić information content (AvgIpc) is 2.47. The van der Waals surface area contributed by atoms with Gasteiger partial charge < -0.3 is 15.2 Å². The maximum atomic E-state index is 9.36. The SMILES string of the molecule is COc1ccc(C)cc1C(C)NC(C)c1ccc(O)cc1. The van der Waals surface area contributed by atoms with Crippen LogP contribution in [-0.4, -0.2) is 12.2 Å². The third kappa shape index (κ3) is 3.76. The zero-order chi connectivity index (χ0) is 15.4. The largest absolute Gasteiger partial charge is 0.508 e. The van der Waals surface area contributed by atoms with Gasteiger partial charge in [0, 0.05) is 17.6 Å². The highest BCUT2D eigenvalue weighted by Gasteiger charge is 2.15. The molecule has 3 nitrogen and oxygen atoms in total. The Bertz CT molecular complexity index is 593. The fourth-order valence-corrected chi connectivity index (χ4v) is 2.52. The van der Waals surface area contributed by atoms with Crippen molar-refractivity contribution in [1.82, 2.24) is 5.32 Å². The van der Waals surface area contributed by atoms with Crippen LogP contribution in [0.4, 0.5) is 0 Å². The number of aromatic hydroxyl groups is 1. The Hall–Kier alpha value is -2.00. The number of hydrogen-bond donors (Lipinski definition) is 2. The minimum Gasteiger partial charge on any atom is -0.508 e. The first kappa shape index (κ1) is 15.4. The number of ether oxygens (including phenoxy) is 1. The summed E-state index contributed by atoms with van der Waals surface area (Å²) in [6.45, 7) is 6.33. The predicted octanol–water partition coefficient (Wildman–Crippen LogP) is 4.12. The zero-order valence-corrected chi connectivity index (χ0v) is 13.1. The fourth-order valence-electron chi connectivity index (χ4n) is 2.52. The van der Waals surface area contributed by atoms with Crippen molar-refractivity contribution in [3.05, 3.63) is 59.2 Å². The van der Waals surface area contributed by atoms with Gasteiger partial charge >= 0.3 is 0 Å². The number of benzene rings is 2. The summed E-state index contributed by atoms with van der Waals surface area (Å²) in [5.41, 5.74) is 3.52. The monoisotopic (exact) mass is 285 g/mol. The van der Waals surface area contributed by atoms with E-state index >= 15 is 0 Å². The van der Waals surface area contributed by atoms with Crippen molar-refractivity contribution in [1.29, 1.82) is 0 Å². The molecular formula is C18H23NO2. The summed E-state index contributed by atoms with van der Waals surface area (Å²) in [5, 5.41) is 12.9. The van der Waals surface area contributed by atoms with Crippen molar-refractivity contribution in [2.75, 3.05) is 7.11 Å². The number of hydrogen-bond acceptors (Lipinski definition) is 3. The van der Waals surface area contributed by atoms with E-state index in [4.69, 9.17) is 4.74 Å². The van der Waals surface area contributed by atoms with Crippen molar-refractivity contribution < 1.29 is 9.84 Å². The first-order valence-electron chi connectivity index (χ1n) is 7.20. The van der Waals surface area contributed by atoms with Gasteiger partial charge in [0.05, 0.1) is 7.11 Å². The van der Waals surface area contributed by atoms with Crippen LogP contribution in [0.15, 0.2) is 42.5 Å². The summed E-state index contributed by atoms with van der Waals surface area (Å²) in [7, 11) is 1.70. The molecule has 0 aliphatic carbocycles. The Morgan fingerprint density at radius 3 is 2.29 bits per heavy atom. The van der Waals surface area contributed by atoms with Crippen molar-refractivity contribution >= 4 is 0 Å². The van der Waals surface area contributed by atoms with E-state index in [0.29, 0.717) is 5.75 Å². The summed E-state index contributed by atoms with van der Waals surface area (Å²) in [6, 6.07) is 13.9. The molecule has 0 fully saturated rings. The van der Waals surface area contributed by atoms with Gasteiger partial charge in [-0.2, -0.15) is 0 Å². The topological polar surface area (TPSA) is 41.5 Å². The maximum Gasteiger partial charge on any atom is 0.123 e. The summed E-state index contributed by atoms with van der Waals surface area (Å²) in [4.78, 5) is 0. The molecule has 2 N–H and O–H groups in total. The van der Waals surface area contributed by atoms with Crippen LogP contribution in [0.1, 0.15) is 42.6 Å². The molecule has 21 heavy (non-hydrogen) atoms. The molecule has 2 aromatic carbocycles. The molecule has 0 aliphatic rings. The second kappa shape index (κ2) is 6.64. The smallest absolute Gasteiger partial charge is 0.123 e. The number of rotatable bonds is 5. The number of nitrogens with one attached hydrogen (secondary N) is 1. The van der Waals surface area contributed by atoms with Crippen LogP contribution in [0, 0.1) is 6.92 Å². The molecule has 0 heterocycles. The Morgan fingerprint density at radius 1 is 1.00 bits per heavy atom. The highest BCUT2D eigenvalue weighted by Crippen LogP contribution is 2.28. The van der Waals surface area contributed by atoms with Crippen LogP contribution in [0.3, 0.4) is 0 Å². The molecule has 0 saturated carbocycles. The standard InChI is InChI=1S/C18H23NO2/c1-12-5-10-18(21-4)17(11-12)14(3)19-13(2)15-6-8-16(20)9-7-15/h5-11,13-14,19-20H,1-4H3. The van der Waals surface area contributed by atoms with Crippen molar-refractivity contribution in [3.8, 4) is 11.5 Å². The van der Waals surface area contributed by atoms with Crippen LogP contribution in [-0.2, 0) is 0 Å². The van der Waals surface area contributed by atoms with Crippen LogP contribution >= 0.6 is 0 Å². The second-order valence-corrected chi connectivity index (χ2v) is 5.45. The summed E-state index contributed by atoms with van der Waals surface area (Å²) in [6.07, 6.45) is 0. The van der Waals surface area contributed by atoms with E-state index in [9.17, 15) is 5.11 Å². The normalized spacial score (nSPS) is 13.7. The highest BCUT2D eigenvalue weighted by atomic mass is 16.5. The van der Waals surface area contributed by atoms with Crippen molar-refractivity contribution in [2.45, 2.75) is 32.9 Å². The molecule has 2 unspecified atom stereocenters. The summed E-state index contributed by atoms with van der Waals surface area (Å²) >= 11 is 0. The van der Waals surface area contributed by atoms with E-state index in [2.05, 4.69) is 38.2 Å². The van der Waals surface area contributed by atoms with Gasteiger partial charge in [-0.15, -0.1) is 0 Å². The minimum atomic E-state index is 0.170. The molecule has 0 bridgehead atoms. The van der Waals surface area contributed by atoms with Gasteiger partial charge in [-0.1, -0.05) is 29.8 Å². The van der Waals surface area contributed by atoms with E-state index in [1.54, 1.807) is 19.2 Å². The van der Waals surface area contributed by atoms with E-state index in [-0.39, 0.29) is 12.1 Å². The molecule has 3 heteroatoms. The van der Waals surface area contributed by atoms with Gasteiger partial charge in [-0.25, -0.2) is 0 Å². The van der Waals surface area contributed by atoms with Crippen LogP contribution < -0.4 is 10.1 Å². The van der Waals surface area contributed by atoms with Crippen LogP contribution in [0.5, 0.6) is 11.5 Å². The average molecular weight is 285 g/mol. The van der Waals surface area contributed by atoms with Crippen LogP contribution in [0.2, 0.25) is 0 Å². The Morgan fingerprint density at radius 2 is 1.67 bits per heavy atom. The third-order valence-electron chi connectivity index (χ3n) is 3.74. The molecule has 2 atom stereocenters. The third-order valence-corrected chi connectivity index (χ3v) is 3.74. The Kier molecular flexibility index (Phi) is 4.86. The lowest BCUT2D eigenvalue weighted by atomic mass is 10.0. The zero-order valence-electron chi connectivity index (χ0n) is 13.1. The van der Waals surface area contributed by atoms with Gasteiger partial charge in [0.2, 0.25) is 0 Å². The van der Waals surface area contributed by atoms with Gasteiger partial charge in [-0.3, -0.25) is 0 Å². The summed E-state index contributed by atoms with van der Waals surface area (Å²) < 4.78 is 5.45. The molecule has 0 amide bonds. The van der Waals surface area contributed by atoms with E-state index in [1.807, 2.05) is 18.2 Å². The Balaban J connectivity index is 2.15. The molecule has 0 aliphatic heterocycles. The fraction of sp³-hybridized carbons (Fsp3) is 0.333. The van der Waals surface area contributed by atoms with Gasteiger partial charge in [0.25, 0.3) is 0 Å². The quantitative estimate of drug-likeness (QED) is 0.868. The highest BCUT2D eigenvalue weighted by molar-refractivity contribution is 5.39. The first-order chi connectivity index (χ1) is 10.0. The molecule has 2 rings (SSSR count).